The number of para-hydroxylation sites is 2. The predicted molar refractivity (Wildman–Crippen MR) is 120 cm³/mol. The molecule has 0 spiro atoms. The van der Waals surface area contributed by atoms with E-state index in [-0.39, 0.29) is 22.6 Å². The number of amides is 3. The van der Waals surface area contributed by atoms with Gasteiger partial charge in [-0.05, 0) is 24.6 Å². The van der Waals surface area contributed by atoms with E-state index in [4.69, 9.17) is 0 Å². The Morgan fingerprint density at radius 3 is 2.20 bits per heavy atom. The highest BCUT2D eigenvalue weighted by Gasteiger charge is 2.58. The van der Waals surface area contributed by atoms with Gasteiger partial charge in [-0.25, -0.2) is 15.2 Å². The number of nitrogens with zero attached hydrogens (tertiary/aromatic N) is 1. The molecule has 9 nitrogen and oxygen atoms in total. The van der Waals surface area contributed by atoms with Crippen molar-refractivity contribution in [3.63, 3.8) is 0 Å². The van der Waals surface area contributed by atoms with Crippen LogP contribution >= 0.6 is 0 Å². The zero-order valence-corrected chi connectivity index (χ0v) is 18.6. The number of nitrogens with one attached hydrogen (secondary N) is 4. The number of alkyl halides is 3. The summed E-state index contributed by atoms with van der Waals surface area (Å²) in [5, 5.41) is 8.68. The summed E-state index contributed by atoms with van der Waals surface area (Å²) >= 11 is 0. The number of methoxy groups -OCH3 is 1. The normalized spacial score (nSPS) is 21.8. The molecule has 0 bridgehead atoms. The van der Waals surface area contributed by atoms with Crippen molar-refractivity contribution in [1.29, 1.82) is 0 Å². The summed E-state index contributed by atoms with van der Waals surface area (Å²) in [6.45, 7) is 1.45. The summed E-state index contributed by atoms with van der Waals surface area (Å²) in [6.07, 6.45) is -6.50. The first kappa shape index (κ1) is 24.1. The Balaban J connectivity index is 1.63. The standard InChI is InChI=1S/C23H22F3N5O4/c1-12-16(20(32)28-14-10-6-7-11-15(14)29-22(34)35-2)21(33)31-19(27-12)17(13-8-4-3-5-9-13)18(30-31)23(24,25)26/h3-11,17-19,27,30H,1-2H3,(H,28,32)(H,29,34). The van der Waals surface area contributed by atoms with E-state index in [0.717, 1.165) is 5.01 Å². The predicted octanol–water partition coefficient (Wildman–Crippen LogP) is 3.07. The van der Waals surface area contributed by atoms with E-state index >= 15 is 0 Å². The molecule has 2 aromatic rings. The second-order valence-corrected chi connectivity index (χ2v) is 7.97. The van der Waals surface area contributed by atoms with Crippen molar-refractivity contribution in [2.24, 2.45) is 0 Å². The molecule has 0 aliphatic carbocycles. The van der Waals surface area contributed by atoms with E-state index < -0.39 is 42.2 Å². The fourth-order valence-corrected chi connectivity index (χ4v) is 4.21. The molecule has 12 heteroatoms. The summed E-state index contributed by atoms with van der Waals surface area (Å²) in [4.78, 5) is 37.9. The molecule has 184 valence electrons. The van der Waals surface area contributed by atoms with Gasteiger partial charge in [0.1, 0.15) is 17.8 Å². The van der Waals surface area contributed by atoms with Crippen LogP contribution in [-0.2, 0) is 14.3 Å². The Hall–Kier alpha value is -4.06. The molecule has 35 heavy (non-hydrogen) atoms. The van der Waals surface area contributed by atoms with Crippen molar-refractivity contribution >= 4 is 29.3 Å². The number of benzene rings is 2. The SMILES string of the molecule is COC(=O)Nc1ccccc1NC(=O)C1=C(C)NC2C(c3ccccc3)C(C(F)(F)F)NN2C1=O. The van der Waals surface area contributed by atoms with Crippen LogP contribution in [0.25, 0.3) is 0 Å². The fourth-order valence-electron chi connectivity index (χ4n) is 4.21. The summed E-state index contributed by atoms with van der Waals surface area (Å²) in [5.41, 5.74) is 2.78. The lowest BCUT2D eigenvalue weighted by Crippen LogP contribution is -2.56. The van der Waals surface area contributed by atoms with Gasteiger partial charge in [-0.2, -0.15) is 13.2 Å². The number of anilines is 2. The molecule has 1 saturated heterocycles. The maximum atomic E-state index is 13.9. The van der Waals surface area contributed by atoms with Gasteiger partial charge in [0.15, 0.2) is 0 Å². The number of carbonyl (C=O) groups is 3. The molecule has 3 unspecified atom stereocenters. The van der Waals surface area contributed by atoms with Crippen molar-refractivity contribution in [1.82, 2.24) is 15.8 Å². The molecule has 0 saturated carbocycles. The molecular formula is C23H22F3N5O4. The first-order chi connectivity index (χ1) is 16.6. The molecule has 2 aliphatic heterocycles. The molecule has 1 fully saturated rings. The molecule has 4 N–H and O–H groups in total. The first-order valence-corrected chi connectivity index (χ1v) is 10.6. The van der Waals surface area contributed by atoms with Crippen LogP contribution in [0.15, 0.2) is 65.9 Å². The average molecular weight is 489 g/mol. The largest absolute Gasteiger partial charge is 0.453 e. The van der Waals surface area contributed by atoms with Crippen LogP contribution in [0.5, 0.6) is 0 Å². The molecule has 3 amide bonds. The van der Waals surface area contributed by atoms with Gasteiger partial charge in [-0.1, -0.05) is 42.5 Å². The monoisotopic (exact) mass is 489 g/mol. The Bertz CT molecular complexity index is 1190. The van der Waals surface area contributed by atoms with Crippen molar-refractivity contribution in [2.45, 2.75) is 31.2 Å². The van der Waals surface area contributed by atoms with Crippen molar-refractivity contribution in [2.75, 3.05) is 17.7 Å². The number of hydrogen-bond donors (Lipinski definition) is 4. The minimum Gasteiger partial charge on any atom is -0.453 e. The van der Waals surface area contributed by atoms with Crippen molar-refractivity contribution < 1.29 is 32.3 Å². The van der Waals surface area contributed by atoms with Gasteiger partial charge in [0.2, 0.25) is 0 Å². The third kappa shape index (κ3) is 4.64. The van der Waals surface area contributed by atoms with Gasteiger partial charge in [0.05, 0.1) is 24.4 Å². The molecule has 4 rings (SSSR count). The Labute approximate surface area is 198 Å². The van der Waals surface area contributed by atoms with Crippen LogP contribution in [-0.4, -0.2) is 48.4 Å². The number of allylic oxidation sites excluding steroid dienone is 1. The number of hydrazine groups is 1. The third-order valence-corrected chi connectivity index (χ3v) is 5.79. The summed E-state index contributed by atoms with van der Waals surface area (Å²) in [6, 6.07) is 12.2. The highest BCUT2D eigenvalue weighted by Crippen LogP contribution is 2.41. The van der Waals surface area contributed by atoms with Gasteiger partial charge in [-0.15, -0.1) is 0 Å². The summed E-state index contributed by atoms with van der Waals surface area (Å²) < 4.78 is 46.3. The molecule has 2 aliphatic rings. The van der Waals surface area contributed by atoms with Gasteiger partial charge < -0.3 is 15.4 Å². The minimum absolute atomic E-state index is 0.123. The molecular weight excluding hydrogens is 467 g/mol. The highest BCUT2D eigenvalue weighted by atomic mass is 19.4. The van der Waals surface area contributed by atoms with Gasteiger partial charge in [0, 0.05) is 5.70 Å². The molecule has 2 heterocycles. The Kier molecular flexibility index (Phi) is 6.39. The lowest BCUT2D eigenvalue weighted by atomic mass is 9.89. The average Bonchev–Trinajstić information content (AvgIpc) is 3.21. The number of rotatable bonds is 4. The zero-order chi connectivity index (χ0) is 25.3. The maximum Gasteiger partial charge on any atom is 0.411 e. The quantitative estimate of drug-likeness (QED) is 0.492. The van der Waals surface area contributed by atoms with E-state index in [1.165, 1.54) is 26.2 Å². The highest BCUT2D eigenvalue weighted by molar-refractivity contribution is 6.24. The number of hydrogen-bond acceptors (Lipinski definition) is 6. The molecule has 0 radical (unpaired) electrons. The van der Waals surface area contributed by atoms with Gasteiger partial charge in [0.25, 0.3) is 11.8 Å². The molecule has 0 aromatic heterocycles. The number of fused-ring (bicyclic) bond motifs is 1. The van der Waals surface area contributed by atoms with Gasteiger partial charge >= 0.3 is 12.3 Å². The number of ether oxygens (including phenoxy) is 1. The fraction of sp³-hybridized carbons (Fsp3) is 0.261. The lowest BCUT2D eigenvalue weighted by Gasteiger charge is -2.34. The topological polar surface area (TPSA) is 112 Å². The Morgan fingerprint density at radius 1 is 1.00 bits per heavy atom. The summed E-state index contributed by atoms with van der Waals surface area (Å²) in [7, 11) is 1.17. The second kappa shape index (κ2) is 9.29. The minimum atomic E-state index is -4.66. The van der Waals surface area contributed by atoms with Crippen LogP contribution in [0.1, 0.15) is 18.4 Å². The number of carbonyl (C=O) groups excluding carboxylic acids is 3. The third-order valence-electron chi connectivity index (χ3n) is 5.79. The molecule has 2 aromatic carbocycles. The van der Waals surface area contributed by atoms with E-state index in [1.807, 2.05) is 0 Å². The van der Waals surface area contributed by atoms with Crippen LogP contribution < -0.4 is 21.4 Å². The maximum absolute atomic E-state index is 13.9. The van der Waals surface area contributed by atoms with Crippen LogP contribution in [0.2, 0.25) is 0 Å². The number of halogens is 3. The second-order valence-electron chi connectivity index (χ2n) is 7.97. The van der Waals surface area contributed by atoms with E-state index in [9.17, 15) is 27.6 Å². The molecule has 3 atom stereocenters. The van der Waals surface area contributed by atoms with E-state index in [0.29, 0.717) is 5.56 Å². The van der Waals surface area contributed by atoms with Crippen molar-refractivity contribution in [3.05, 3.63) is 71.4 Å². The summed E-state index contributed by atoms with van der Waals surface area (Å²) in [5.74, 6) is -2.91. The van der Waals surface area contributed by atoms with Crippen LogP contribution in [0, 0.1) is 0 Å². The van der Waals surface area contributed by atoms with Crippen molar-refractivity contribution in [3.8, 4) is 0 Å². The van der Waals surface area contributed by atoms with Crippen LogP contribution in [0.4, 0.5) is 29.3 Å². The van der Waals surface area contributed by atoms with Crippen LogP contribution in [0.3, 0.4) is 0 Å². The van der Waals surface area contributed by atoms with Gasteiger partial charge in [-0.3, -0.25) is 14.9 Å². The Morgan fingerprint density at radius 2 is 1.60 bits per heavy atom. The smallest absolute Gasteiger partial charge is 0.411 e. The van der Waals surface area contributed by atoms with E-state index in [1.54, 1.807) is 42.5 Å². The first-order valence-electron chi connectivity index (χ1n) is 10.6. The zero-order valence-electron chi connectivity index (χ0n) is 18.6. The lowest BCUT2D eigenvalue weighted by molar-refractivity contribution is -0.161. The van der Waals surface area contributed by atoms with E-state index in [2.05, 4.69) is 26.1 Å².